The Balaban J connectivity index is 1.44. The lowest BCUT2D eigenvalue weighted by Crippen LogP contribution is -2.34. The first-order valence-corrected chi connectivity index (χ1v) is 21.0. The molecule has 0 spiro atoms. The van der Waals surface area contributed by atoms with Crippen LogP contribution in [0.1, 0.15) is 128 Å². The van der Waals surface area contributed by atoms with E-state index in [1.807, 2.05) is 0 Å². The number of hydrogen-bond donors (Lipinski definition) is 0. The summed E-state index contributed by atoms with van der Waals surface area (Å²) in [6, 6.07) is 49.0. The molecule has 1 nitrogen and oxygen atoms in total. The molecule has 9 rings (SSSR count). The number of benzene rings is 6. The van der Waals surface area contributed by atoms with Crippen LogP contribution in [0.25, 0.3) is 33.4 Å². The number of nitrogens with zero attached hydrogens (tertiary/aromatic N) is 1. The summed E-state index contributed by atoms with van der Waals surface area (Å²) >= 11 is 0. The molecule has 0 saturated heterocycles. The third-order valence-corrected chi connectivity index (χ3v) is 14.4. The molecule has 0 saturated carbocycles. The lowest BCUT2D eigenvalue weighted by atomic mass is 9.61. The molecule has 3 aliphatic carbocycles. The molecule has 0 atom stereocenters. The molecule has 284 valence electrons. The van der Waals surface area contributed by atoms with Gasteiger partial charge in [0.15, 0.2) is 0 Å². The Kier molecular flexibility index (Phi) is 8.24. The van der Waals surface area contributed by atoms with Gasteiger partial charge in [0.2, 0.25) is 0 Å². The van der Waals surface area contributed by atoms with Gasteiger partial charge in [-0.25, -0.2) is 0 Å². The average molecular weight is 734 g/mol. The summed E-state index contributed by atoms with van der Waals surface area (Å²) in [5.41, 5.74) is 20.5. The Morgan fingerprint density at radius 2 is 0.857 bits per heavy atom. The van der Waals surface area contributed by atoms with Crippen LogP contribution in [0.4, 0.5) is 17.1 Å². The number of hydrogen-bond acceptors (Lipinski definition) is 1. The van der Waals surface area contributed by atoms with Crippen molar-refractivity contribution in [3.05, 3.63) is 161 Å². The van der Waals surface area contributed by atoms with Gasteiger partial charge in [-0.3, -0.25) is 0 Å². The molecule has 0 N–H and O–H groups in total. The molecule has 56 heavy (non-hydrogen) atoms. The van der Waals surface area contributed by atoms with E-state index < -0.39 is 0 Å². The highest BCUT2D eigenvalue weighted by atomic mass is 15.1. The molecule has 6 aromatic carbocycles. The van der Waals surface area contributed by atoms with Crippen LogP contribution in [0.2, 0.25) is 0 Å². The van der Waals surface area contributed by atoms with Gasteiger partial charge in [-0.15, -0.1) is 0 Å². The van der Waals surface area contributed by atoms with E-state index in [-0.39, 0.29) is 27.1 Å². The van der Waals surface area contributed by atoms with E-state index in [1.165, 1.54) is 103 Å². The molecule has 0 heterocycles. The van der Waals surface area contributed by atoms with Gasteiger partial charge in [0.05, 0.1) is 11.4 Å². The first-order valence-electron chi connectivity index (χ1n) is 21.0. The largest absolute Gasteiger partial charge is 0.309 e. The van der Waals surface area contributed by atoms with Crippen LogP contribution >= 0.6 is 0 Å². The van der Waals surface area contributed by atoms with Crippen LogP contribution in [-0.4, -0.2) is 0 Å². The van der Waals surface area contributed by atoms with Crippen LogP contribution in [-0.2, 0) is 27.1 Å². The van der Waals surface area contributed by atoms with Gasteiger partial charge >= 0.3 is 0 Å². The molecule has 0 fully saturated rings. The van der Waals surface area contributed by atoms with Crippen LogP contribution in [0.3, 0.4) is 0 Å². The van der Waals surface area contributed by atoms with Gasteiger partial charge in [0, 0.05) is 22.2 Å². The molecule has 3 aliphatic rings. The number of rotatable bonds is 5. The fourth-order valence-electron chi connectivity index (χ4n) is 10.7. The maximum absolute atomic E-state index is 2.63. The molecular weight excluding hydrogens is 675 g/mol. The van der Waals surface area contributed by atoms with Crippen LogP contribution in [0.5, 0.6) is 0 Å². The summed E-state index contributed by atoms with van der Waals surface area (Å²) in [5, 5.41) is 0. The second-order valence-electron chi connectivity index (χ2n) is 20.3. The highest BCUT2D eigenvalue weighted by Crippen LogP contribution is 2.58. The zero-order chi connectivity index (χ0) is 39.4. The van der Waals surface area contributed by atoms with E-state index in [2.05, 4.69) is 202 Å². The van der Waals surface area contributed by atoms with Crippen LogP contribution < -0.4 is 4.90 Å². The third-order valence-electron chi connectivity index (χ3n) is 14.4. The SMILES string of the molecule is CC1(C)CCC(C)(C)c2cc(N(c3ccccc3)c3cc4c(cc3-c3cccc5c3C(C)(C)CCC5(C)C)-c3ccccc3C4(C)C)c(-c3ccccc3)cc21. The van der Waals surface area contributed by atoms with Gasteiger partial charge in [-0.05, 0) is 139 Å². The van der Waals surface area contributed by atoms with Crippen molar-refractivity contribution in [2.24, 2.45) is 0 Å². The average Bonchev–Trinajstić information content (AvgIpc) is 3.41. The third kappa shape index (κ3) is 5.63. The topological polar surface area (TPSA) is 3.24 Å². The lowest BCUT2D eigenvalue weighted by Gasteiger charge is -2.44. The summed E-state index contributed by atoms with van der Waals surface area (Å²) in [6.07, 6.45) is 4.70. The minimum atomic E-state index is -0.150. The molecule has 6 aromatic rings. The highest BCUT2D eigenvalue weighted by Gasteiger charge is 2.43. The highest BCUT2D eigenvalue weighted by molar-refractivity contribution is 5.98. The van der Waals surface area contributed by atoms with E-state index in [0.29, 0.717) is 0 Å². The normalized spacial score (nSPS) is 19.0. The zero-order valence-corrected chi connectivity index (χ0v) is 35.4. The summed E-state index contributed by atoms with van der Waals surface area (Å²) in [7, 11) is 0. The number of fused-ring (bicyclic) bond motifs is 5. The molecular formula is C55H59N. The maximum atomic E-state index is 2.63. The van der Waals surface area contributed by atoms with Crippen molar-refractivity contribution in [1.82, 2.24) is 0 Å². The predicted octanol–water partition coefficient (Wildman–Crippen LogP) is 15.5. The molecule has 0 unspecified atom stereocenters. The number of para-hydroxylation sites is 1. The van der Waals surface area contributed by atoms with E-state index >= 15 is 0 Å². The second-order valence-corrected chi connectivity index (χ2v) is 20.3. The molecule has 0 radical (unpaired) electrons. The summed E-state index contributed by atoms with van der Waals surface area (Å²) in [6.45, 7) is 24.5. The Hall–Kier alpha value is -4.88. The van der Waals surface area contributed by atoms with Crippen molar-refractivity contribution < 1.29 is 0 Å². The summed E-state index contributed by atoms with van der Waals surface area (Å²) in [4.78, 5) is 2.63. The van der Waals surface area contributed by atoms with Crippen LogP contribution in [0, 0.1) is 0 Å². The first kappa shape index (κ1) is 36.7. The molecule has 0 aromatic heterocycles. The molecule has 1 heteroatoms. The maximum Gasteiger partial charge on any atom is 0.0543 e. The van der Waals surface area contributed by atoms with E-state index in [4.69, 9.17) is 0 Å². The summed E-state index contributed by atoms with van der Waals surface area (Å²) < 4.78 is 0. The Labute approximate surface area is 336 Å². The first-order chi connectivity index (χ1) is 26.5. The van der Waals surface area contributed by atoms with Gasteiger partial charge in [-0.1, -0.05) is 160 Å². The van der Waals surface area contributed by atoms with Crippen molar-refractivity contribution in [3.8, 4) is 33.4 Å². The van der Waals surface area contributed by atoms with Gasteiger partial charge in [0.1, 0.15) is 0 Å². The van der Waals surface area contributed by atoms with Gasteiger partial charge < -0.3 is 4.90 Å². The van der Waals surface area contributed by atoms with E-state index in [1.54, 1.807) is 0 Å². The van der Waals surface area contributed by atoms with E-state index in [0.717, 1.165) is 6.42 Å². The van der Waals surface area contributed by atoms with Crippen molar-refractivity contribution in [2.75, 3.05) is 4.90 Å². The van der Waals surface area contributed by atoms with Crippen molar-refractivity contribution in [1.29, 1.82) is 0 Å². The van der Waals surface area contributed by atoms with Crippen molar-refractivity contribution in [3.63, 3.8) is 0 Å². The van der Waals surface area contributed by atoms with Gasteiger partial charge in [-0.2, -0.15) is 0 Å². The molecule has 0 aliphatic heterocycles. The molecule has 0 bridgehead atoms. The Bertz CT molecular complexity index is 2490. The predicted molar refractivity (Wildman–Crippen MR) is 240 cm³/mol. The van der Waals surface area contributed by atoms with Gasteiger partial charge in [0.25, 0.3) is 0 Å². The minimum Gasteiger partial charge on any atom is -0.309 e. The monoisotopic (exact) mass is 733 g/mol. The Morgan fingerprint density at radius 1 is 0.357 bits per heavy atom. The fourth-order valence-corrected chi connectivity index (χ4v) is 10.7. The standard InChI is InChI=1S/C55H59N/c1-51(2)30-31-54(7,8)50-39(25-19-27-44(50)51)42-32-41-38-24-17-18-26-43(38)55(9,10)45(41)34-49(42)56(37-22-15-12-16-23-37)48-35-47-46(52(3,4)28-29-53(47,5)6)33-40(48)36-20-13-11-14-21-36/h11-27,32-35H,28-31H2,1-10H3. The molecule has 0 amide bonds. The smallest absolute Gasteiger partial charge is 0.0543 e. The van der Waals surface area contributed by atoms with E-state index in [9.17, 15) is 0 Å². The second kappa shape index (κ2) is 12.6. The van der Waals surface area contributed by atoms with Crippen LogP contribution in [0.15, 0.2) is 127 Å². The lowest BCUT2D eigenvalue weighted by molar-refractivity contribution is 0.332. The van der Waals surface area contributed by atoms with Crippen molar-refractivity contribution >= 4 is 17.1 Å². The number of anilines is 3. The fraction of sp³-hybridized carbons (Fsp3) is 0.345. The van der Waals surface area contributed by atoms with Crippen molar-refractivity contribution in [2.45, 2.75) is 122 Å². The quantitative estimate of drug-likeness (QED) is 0.171. The summed E-state index contributed by atoms with van der Waals surface area (Å²) in [5.74, 6) is 0. The zero-order valence-electron chi connectivity index (χ0n) is 35.4. The minimum absolute atomic E-state index is 0.0309. The Morgan fingerprint density at radius 3 is 1.54 bits per heavy atom.